The molecular weight excluding hydrogens is 270 g/mol. The lowest BCUT2D eigenvalue weighted by Crippen LogP contribution is -2.36. The number of ether oxygens (including phenoxy) is 1. The molecule has 0 aliphatic heterocycles. The molecule has 21 heavy (non-hydrogen) atoms. The standard InChI is InChI=1S/C16H15NO4/c1-21-15-10-13(4-5-14(15)18)3-2-12-6-8-17(9-7-12)11-16(19)20/h2-10H,11H2,1H3,(H,19,20)/p+1. The molecule has 1 heterocycles. The van der Waals surface area contributed by atoms with Crippen LogP contribution in [0.1, 0.15) is 11.1 Å². The third-order valence-corrected chi connectivity index (χ3v) is 2.91. The van der Waals surface area contributed by atoms with E-state index in [1.54, 1.807) is 35.2 Å². The van der Waals surface area contributed by atoms with Gasteiger partial charge in [0.15, 0.2) is 23.9 Å². The molecule has 0 spiro atoms. The van der Waals surface area contributed by atoms with Crippen LogP contribution in [0.2, 0.25) is 0 Å². The summed E-state index contributed by atoms with van der Waals surface area (Å²) in [5.41, 5.74) is 1.84. The van der Waals surface area contributed by atoms with Gasteiger partial charge in [-0.1, -0.05) is 18.2 Å². The SMILES string of the molecule is COc1cc(/C=C\c2cc[n+](CC(=O)O)cc2)ccc1O. The van der Waals surface area contributed by atoms with Crippen molar-refractivity contribution in [2.45, 2.75) is 6.54 Å². The molecule has 2 aromatic rings. The minimum atomic E-state index is -0.875. The number of aromatic nitrogens is 1. The fraction of sp³-hybridized carbons (Fsp3) is 0.125. The first-order valence-corrected chi connectivity index (χ1v) is 6.34. The van der Waals surface area contributed by atoms with E-state index in [1.165, 1.54) is 7.11 Å². The van der Waals surface area contributed by atoms with Crippen LogP contribution in [0.25, 0.3) is 12.2 Å². The number of phenolic OH excluding ortho intramolecular Hbond substituents is 1. The van der Waals surface area contributed by atoms with Gasteiger partial charge in [0, 0.05) is 12.1 Å². The average molecular weight is 286 g/mol. The van der Waals surface area contributed by atoms with E-state index in [0.717, 1.165) is 11.1 Å². The number of carboxylic acids is 1. The van der Waals surface area contributed by atoms with Gasteiger partial charge in [0.1, 0.15) is 0 Å². The number of hydrogen-bond acceptors (Lipinski definition) is 3. The van der Waals surface area contributed by atoms with E-state index in [0.29, 0.717) is 5.75 Å². The molecule has 0 aliphatic rings. The second-order valence-electron chi connectivity index (χ2n) is 4.46. The van der Waals surface area contributed by atoms with Crippen molar-refractivity contribution in [1.29, 1.82) is 0 Å². The van der Waals surface area contributed by atoms with E-state index < -0.39 is 5.97 Å². The normalized spacial score (nSPS) is 10.7. The minimum Gasteiger partial charge on any atom is -0.504 e. The summed E-state index contributed by atoms with van der Waals surface area (Å²) in [7, 11) is 1.50. The molecule has 108 valence electrons. The van der Waals surface area contributed by atoms with Crippen molar-refractivity contribution in [3.05, 3.63) is 53.9 Å². The van der Waals surface area contributed by atoms with Gasteiger partial charge in [-0.05, 0) is 23.3 Å². The Balaban J connectivity index is 2.12. The van der Waals surface area contributed by atoms with E-state index in [4.69, 9.17) is 9.84 Å². The molecule has 1 aromatic carbocycles. The van der Waals surface area contributed by atoms with Crippen molar-refractivity contribution in [3.63, 3.8) is 0 Å². The molecule has 5 heteroatoms. The maximum atomic E-state index is 10.6. The maximum absolute atomic E-state index is 10.6. The Bertz CT molecular complexity index is 662. The zero-order valence-corrected chi connectivity index (χ0v) is 11.6. The van der Waals surface area contributed by atoms with Gasteiger partial charge in [0.25, 0.3) is 0 Å². The zero-order valence-electron chi connectivity index (χ0n) is 11.6. The van der Waals surface area contributed by atoms with Gasteiger partial charge >= 0.3 is 5.97 Å². The van der Waals surface area contributed by atoms with Crippen LogP contribution in [-0.4, -0.2) is 23.3 Å². The topological polar surface area (TPSA) is 70.6 Å². The number of methoxy groups -OCH3 is 1. The number of aromatic hydroxyl groups is 1. The van der Waals surface area contributed by atoms with Crippen molar-refractivity contribution in [3.8, 4) is 11.5 Å². The van der Waals surface area contributed by atoms with E-state index in [2.05, 4.69) is 0 Å². The maximum Gasteiger partial charge on any atom is 0.370 e. The fourth-order valence-electron chi connectivity index (χ4n) is 1.83. The summed E-state index contributed by atoms with van der Waals surface area (Å²) in [6.45, 7) is -0.0564. The van der Waals surface area contributed by atoms with Crippen molar-refractivity contribution < 1.29 is 24.3 Å². The molecule has 0 radical (unpaired) electrons. The lowest BCUT2D eigenvalue weighted by molar-refractivity contribution is -0.685. The number of hydrogen-bond donors (Lipinski definition) is 2. The van der Waals surface area contributed by atoms with Crippen LogP contribution in [0, 0.1) is 0 Å². The molecule has 0 fully saturated rings. The van der Waals surface area contributed by atoms with Crippen LogP contribution >= 0.6 is 0 Å². The third-order valence-electron chi connectivity index (χ3n) is 2.91. The third kappa shape index (κ3) is 4.07. The fourth-order valence-corrected chi connectivity index (χ4v) is 1.83. The first-order chi connectivity index (χ1) is 10.1. The summed E-state index contributed by atoms with van der Waals surface area (Å²) in [6, 6.07) is 8.75. The number of carboxylic acid groups (broad SMARTS) is 1. The Morgan fingerprint density at radius 1 is 1.19 bits per heavy atom. The van der Waals surface area contributed by atoms with Crippen molar-refractivity contribution in [1.82, 2.24) is 0 Å². The summed E-state index contributed by atoms with van der Waals surface area (Å²) in [5, 5.41) is 18.2. The van der Waals surface area contributed by atoms with E-state index in [-0.39, 0.29) is 12.3 Å². The molecule has 0 aliphatic carbocycles. The predicted octanol–water partition coefficient (Wildman–Crippen LogP) is 1.94. The molecule has 0 amide bonds. The van der Waals surface area contributed by atoms with Gasteiger partial charge < -0.3 is 14.9 Å². The van der Waals surface area contributed by atoms with E-state index in [1.807, 2.05) is 24.3 Å². The molecule has 2 rings (SSSR count). The highest BCUT2D eigenvalue weighted by Gasteiger charge is 2.05. The number of nitrogens with zero attached hydrogens (tertiary/aromatic N) is 1. The van der Waals surface area contributed by atoms with E-state index >= 15 is 0 Å². The highest BCUT2D eigenvalue weighted by Crippen LogP contribution is 2.26. The average Bonchev–Trinajstić information content (AvgIpc) is 2.47. The lowest BCUT2D eigenvalue weighted by Gasteiger charge is -2.03. The summed E-state index contributed by atoms with van der Waals surface area (Å²) in [5.74, 6) is -0.354. The number of benzene rings is 1. The minimum absolute atomic E-state index is 0.0564. The van der Waals surface area contributed by atoms with Gasteiger partial charge in [-0.2, -0.15) is 4.57 Å². The van der Waals surface area contributed by atoms with Crippen LogP contribution in [0.3, 0.4) is 0 Å². The van der Waals surface area contributed by atoms with Crippen LogP contribution in [0.4, 0.5) is 0 Å². The highest BCUT2D eigenvalue weighted by atomic mass is 16.5. The second-order valence-corrected chi connectivity index (χ2v) is 4.46. The molecule has 0 bridgehead atoms. The van der Waals surface area contributed by atoms with Crippen molar-refractivity contribution in [2.75, 3.05) is 7.11 Å². The first-order valence-electron chi connectivity index (χ1n) is 6.34. The molecule has 0 saturated carbocycles. The van der Waals surface area contributed by atoms with Gasteiger partial charge in [0.05, 0.1) is 7.11 Å². The summed E-state index contributed by atoms with van der Waals surface area (Å²) < 4.78 is 6.63. The van der Waals surface area contributed by atoms with Crippen LogP contribution in [-0.2, 0) is 11.3 Å². The number of aliphatic carboxylic acids is 1. The Labute approximate surface area is 122 Å². The van der Waals surface area contributed by atoms with E-state index in [9.17, 15) is 9.90 Å². The van der Waals surface area contributed by atoms with Gasteiger partial charge in [-0.15, -0.1) is 0 Å². The number of phenols is 1. The Hall–Kier alpha value is -2.82. The summed E-state index contributed by atoms with van der Waals surface area (Å²) in [6.07, 6.45) is 7.21. The molecule has 0 atom stereocenters. The molecule has 5 nitrogen and oxygen atoms in total. The summed E-state index contributed by atoms with van der Waals surface area (Å²) in [4.78, 5) is 10.6. The monoisotopic (exact) mass is 286 g/mol. The number of rotatable bonds is 5. The molecule has 1 aromatic heterocycles. The van der Waals surface area contributed by atoms with Crippen molar-refractivity contribution >= 4 is 18.1 Å². The van der Waals surface area contributed by atoms with Crippen molar-refractivity contribution in [2.24, 2.45) is 0 Å². The van der Waals surface area contributed by atoms with Gasteiger partial charge in [-0.3, -0.25) is 0 Å². The van der Waals surface area contributed by atoms with Gasteiger partial charge in [-0.25, -0.2) is 4.79 Å². The highest BCUT2D eigenvalue weighted by molar-refractivity contribution is 5.70. The van der Waals surface area contributed by atoms with Crippen LogP contribution in [0.15, 0.2) is 42.7 Å². The Morgan fingerprint density at radius 3 is 2.48 bits per heavy atom. The van der Waals surface area contributed by atoms with Crippen LogP contribution in [0.5, 0.6) is 11.5 Å². The quantitative estimate of drug-likeness (QED) is 0.824. The smallest absolute Gasteiger partial charge is 0.370 e. The zero-order chi connectivity index (χ0) is 15.2. The Morgan fingerprint density at radius 2 is 1.86 bits per heavy atom. The molecule has 0 unspecified atom stereocenters. The number of pyridine rings is 1. The predicted molar refractivity (Wildman–Crippen MR) is 77.9 cm³/mol. The first kappa shape index (κ1) is 14.6. The van der Waals surface area contributed by atoms with Crippen LogP contribution < -0.4 is 9.30 Å². The molecular formula is C16H16NO4+. The summed E-state index contributed by atoms with van der Waals surface area (Å²) >= 11 is 0. The second kappa shape index (κ2) is 6.56. The molecule has 2 N–H and O–H groups in total. The molecule has 0 saturated heterocycles. The largest absolute Gasteiger partial charge is 0.504 e. The Kier molecular flexibility index (Phi) is 4.56. The van der Waals surface area contributed by atoms with Gasteiger partial charge in [0.2, 0.25) is 6.54 Å². The number of carbonyl (C=O) groups is 1. The lowest BCUT2D eigenvalue weighted by atomic mass is 10.1.